The number of nitrogens with one attached hydrogen (secondary N) is 2. The molecule has 0 aliphatic rings. The molecule has 0 aliphatic carbocycles. The smallest absolute Gasteiger partial charge is 0.209 e. The summed E-state index contributed by atoms with van der Waals surface area (Å²) in [4.78, 5) is 4.24. The Morgan fingerprint density at radius 3 is 2.50 bits per heavy atom. The van der Waals surface area contributed by atoms with Crippen molar-refractivity contribution in [2.45, 2.75) is 6.42 Å². The highest BCUT2D eigenvalue weighted by molar-refractivity contribution is 5.83. The van der Waals surface area contributed by atoms with Crippen molar-refractivity contribution in [2.75, 3.05) is 18.9 Å². The van der Waals surface area contributed by atoms with Crippen molar-refractivity contribution in [1.82, 2.24) is 5.43 Å². The van der Waals surface area contributed by atoms with Gasteiger partial charge >= 0.3 is 0 Å². The van der Waals surface area contributed by atoms with Gasteiger partial charge in [0, 0.05) is 19.3 Å². The molecule has 22 heavy (non-hydrogen) atoms. The molecule has 0 atom stereocenters. The molecule has 0 aromatic heterocycles. The minimum absolute atomic E-state index is 0.319. The lowest BCUT2D eigenvalue weighted by Gasteiger charge is -2.01. The van der Waals surface area contributed by atoms with Gasteiger partial charge < -0.3 is 11.1 Å². The first kappa shape index (κ1) is 15.6. The zero-order valence-corrected chi connectivity index (χ0v) is 12.7. The van der Waals surface area contributed by atoms with E-state index >= 15 is 0 Å². The summed E-state index contributed by atoms with van der Waals surface area (Å²) < 4.78 is 0. The fourth-order valence-electron chi connectivity index (χ4n) is 1.89. The van der Waals surface area contributed by atoms with Gasteiger partial charge in [0.2, 0.25) is 5.96 Å². The number of nitrogens with two attached hydrogens (primary N) is 1. The van der Waals surface area contributed by atoms with Gasteiger partial charge in [-0.25, -0.2) is 5.43 Å². The molecule has 0 heterocycles. The molecule has 0 saturated heterocycles. The van der Waals surface area contributed by atoms with Crippen LogP contribution in [0.2, 0.25) is 0 Å². The maximum Gasteiger partial charge on any atom is 0.209 e. The number of benzene rings is 2. The lowest BCUT2D eigenvalue weighted by Crippen LogP contribution is -2.27. The number of hydrazone groups is 1. The van der Waals surface area contributed by atoms with Crippen LogP contribution < -0.4 is 16.5 Å². The van der Waals surface area contributed by atoms with Crippen molar-refractivity contribution >= 4 is 17.9 Å². The van der Waals surface area contributed by atoms with Crippen molar-refractivity contribution in [3.63, 3.8) is 0 Å². The number of rotatable bonds is 6. The van der Waals surface area contributed by atoms with Gasteiger partial charge in [-0.05, 0) is 29.7 Å². The molecule has 5 heteroatoms. The first-order chi connectivity index (χ1) is 10.8. The lowest BCUT2D eigenvalue weighted by molar-refractivity contribution is 0.926. The molecule has 0 bridgehead atoms. The summed E-state index contributed by atoms with van der Waals surface area (Å²) in [5, 5.41) is 7.14. The van der Waals surface area contributed by atoms with E-state index in [2.05, 4.69) is 33.0 Å². The molecule has 0 fully saturated rings. The Bertz CT molecular complexity index is 617. The second-order valence-electron chi connectivity index (χ2n) is 4.74. The third kappa shape index (κ3) is 5.28. The highest BCUT2D eigenvalue weighted by Crippen LogP contribution is 2.06. The van der Waals surface area contributed by atoms with Gasteiger partial charge in [0.25, 0.3) is 0 Å². The van der Waals surface area contributed by atoms with E-state index in [1.165, 1.54) is 5.56 Å². The molecular formula is C17H21N5. The van der Waals surface area contributed by atoms with E-state index in [1.807, 2.05) is 49.5 Å². The quantitative estimate of drug-likeness (QED) is 0.434. The number of guanidine groups is 1. The van der Waals surface area contributed by atoms with E-state index in [4.69, 9.17) is 5.73 Å². The van der Waals surface area contributed by atoms with E-state index in [0.29, 0.717) is 12.5 Å². The van der Waals surface area contributed by atoms with E-state index in [0.717, 1.165) is 17.7 Å². The molecule has 0 saturated carbocycles. The highest BCUT2D eigenvalue weighted by atomic mass is 15.3. The molecule has 2 aromatic carbocycles. The Morgan fingerprint density at radius 1 is 1.09 bits per heavy atom. The zero-order valence-electron chi connectivity index (χ0n) is 12.7. The van der Waals surface area contributed by atoms with E-state index < -0.39 is 0 Å². The SMILES string of the molecule is CNc1ccc(/C=N/NC(N)=NCCc2ccccc2)cc1. The fourth-order valence-corrected chi connectivity index (χ4v) is 1.89. The number of aliphatic imine (C=N–C) groups is 1. The van der Waals surface area contributed by atoms with Crippen LogP contribution in [-0.2, 0) is 6.42 Å². The second-order valence-corrected chi connectivity index (χ2v) is 4.74. The summed E-state index contributed by atoms with van der Waals surface area (Å²) in [7, 11) is 1.89. The number of hydrogen-bond acceptors (Lipinski definition) is 3. The van der Waals surface area contributed by atoms with Gasteiger partial charge in [-0.1, -0.05) is 42.5 Å². The summed E-state index contributed by atoms with van der Waals surface area (Å²) in [6, 6.07) is 18.1. The molecule has 0 spiro atoms. The molecule has 0 unspecified atom stereocenters. The third-order valence-corrected chi connectivity index (χ3v) is 3.12. The zero-order chi connectivity index (χ0) is 15.6. The number of anilines is 1. The molecule has 2 aromatic rings. The standard InChI is InChI=1S/C17H21N5/c1-19-16-9-7-15(8-10-16)13-21-22-17(18)20-12-11-14-5-3-2-4-6-14/h2-10,13,19H,11-12H2,1H3,(H3,18,20,22)/b21-13+. The monoisotopic (exact) mass is 295 g/mol. The maximum atomic E-state index is 5.76. The maximum absolute atomic E-state index is 5.76. The van der Waals surface area contributed by atoms with Gasteiger partial charge in [-0.15, -0.1) is 0 Å². The van der Waals surface area contributed by atoms with E-state index in [9.17, 15) is 0 Å². The average Bonchev–Trinajstić information content (AvgIpc) is 2.56. The minimum atomic E-state index is 0.319. The first-order valence-electron chi connectivity index (χ1n) is 7.18. The molecule has 2 rings (SSSR count). The average molecular weight is 295 g/mol. The van der Waals surface area contributed by atoms with Gasteiger partial charge in [-0.2, -0.15) is 5.10 Å². The molecule has 5 nitrogen and oxygen atoms in total. The van der Waals surface area contributed by atoms with Gasteiger partial charge in [0.05, 0.1) is 6.21 Å². The predicted molar refractivity (Wildman–Crippen MR) is 93.4 cm³/mol. The van der Waals surface area contributed by atoms with E-state index in [1.54, 1.807) is 6.21 Å². The van der Waals surface area contributed by atoms with E-state index in [-0.39, 0.29) is 0 Å². The van der Waals surface area contributed by atoms with Gasteiger partial charge in [0.1, 0.15) is 0 Å². The van der Waals surface area contributed by atoms with Crippen LogP contribution in [0.3, 0.4) is 0 Å². The van der Waals surface area contributed by atoms with Crippen LogP contribution in [0.25, 0.3) is 0 Å². The Kier molecular flexibility index (Phi) is 5.99. The Balaban J connectivity index is 1.77. The van der Waals surface area contributed by atoms with Crippen LogP contribution in [0.1, 0.15) is 11.1 Å². The van der Waals surface area contributed by atoms with Crippen LogP contribution in [-0.4, -0.2) is 25.8 Å². The molecule has 114 valence electrons. The summed E-state index contributed by atoms with van der Waals surface area (Å²) in [5.41, 5.74) is 11.8. The van der Waals surface area contributed by atoms with Crippen molar-refractivity contribution < 1.29 is 0 Å². The fraction of sp³-hybridized carbons (Fsp3) is 0.176. The first-order valence-corrected chi connectivity index (χ1v) is 7.18. The summed E-state index contributed by atoms with van der Waals surface area (Å²) in [6.45, 7) is 0.634. The molecule has 0 radical (unpaired) electrons. The predicted octanol–water partition coefficient (Wildman–Crippen LogP) is 2.21. The third-order valence-electron chi connectivity index (χ3n) is 3.12. The Morgan fingerprint density at radius 2 is 1.82 bits per heavy atom. The van der Waals surface area contributed by atoms with Crippen LogP contribution in [0, 0.1) is 0 Å². The Hall–Kier alpha value is -2.82. The van der Waals surface area contributed by atoms with Crippen molar-refractivity contribution in [3.05, 3.63) is 65.7 Å². The van der Waals surface area contributed by atoms with Crippen LogP contribution in [0.5, 0.6) is 0 Å². The van der Waals surface area contributed by atoms with Crippen LogP contribution >= 0.6 is 0 Å². The van der Waals surface area contributed by atoms with Crippen molar-refractivity contribution in [3.8, 4) is 0 Å². The molecule has 4 N–H and O–H groups in total. The summed E-state index contributed by atoms with van der Waals surface area (Å²) in [5.74, 6) is 0.319. The second kappa shape index (κ2) is 8.46. The van der Waals surface area contributed by atoms with Crippen LogP contribution in [0.15, 0.2) is 64.7 Å². The van der Waals surface area contributed by atoms with Crippen LogP contribution in [0.4, 0.5) is 5.69 Å². The van der Waals surface area contributed by atoms with Gasteiger partial charge in [-0.3, -0.25) is 4.99 Å². The van der Waals surface area contributed by atoms with Gasteiger partial charge in [0.15, 0.2) is 0 Å². The normalized spacial score (nSPS) is 11.6. The minimum Gasteiger partial charge on any atom is -0.388 e. The number of nitrogens with zero attached hydrogens (tertiary/aromatic N) is 2. The summed E-state index contributed by atoms with van der Waals surface area (Å²) in [6.07, 6.45) is 2.57. The highest BCUT2D eigenvalue weighted by Gasteiger charge is 1.92. The van der Waals surface area contributed by atoms with Crippen molar-refractivity contribution in [2.24, 2.45) is 15.8 Å². The molecule has 0 aliphatic heterocycles. The molecular weight excluding hydrogens is 274 g/mol. The van der Waals surface area contributed by atoms with Crippen molar-refractivity contribution in [1.29, 1.82) is 0 Å². The summed E-state index contributed by atoms with van der Waals surface area (Å²) >= 11 is 0. The number of hydrogen-bond donors (Lipinski definition) is 3. The topological polar surface area (TPSA) is 74.8 Å². The largest absolute Gasteiger partial charge is 0.388 e. The lowest BCUT2D eigenvalue weighted by atomic mass is 10.2. The molecule has 0 amide bonds. The Labute approximate surface area is 131 Å².